The van der Waals surface area contributed by atoms with Crippen molar-refractivity contribution in [3.63, 3.8) is 0 Å². The zero-order valence-corrected chi connectivity index (χ0v) is 15.0. The van der Waals surface area contributed by atoms with E-state index >= 15 is 0 Å². The van der Waals surface area contributed by atoms with Gasteiger partial charge in [-0.25, -0.2) is 4.98 Å². The molecule has 0 atom stereocenters. The summed E-state index contributed by atoms with van der Waals surface area (Å²) < 4.78 is 7.19. The fourth-order valence-corrected chi connectivity index (χ4v) is 3.11. The molecule has 0 bridgehead atoms. The molecule has 0 aliphatic carbocycles. The van der Waals surface area contributed by atoms with Crippen LogP contribution < -0.4 is 0 Å². The lowest BCUT2D eigenvalue weighted by Crippen LogP contribution is -2.00. The Labute approximate surface area is 160 Å². The molecule has 5 aromatic rings. The van der Waals surface area contributed by atoms with Crippen LogP contribution in [0.5, 0.6) is 0 Å². The predicted octanol–water partition coefficient (Wildman–Crippen LogP) is 3.50. The smallest absolute Gasteiger partial charge is 0.280 e. The molecule has 8 heteroatoms. The highest BCUT2D eigenvalue weighted by Crippen LogP contribution is 2.23. The third kappa shape index (κ3) is 3.27. The number of rotatable bonds is 6. The highest BCUT2D eigenvalue weighted by Gasteiger charge is 2.14. The first kappa shape index (κ1) is 16.4. The van der Waals surface area contributed by atoms with Gasteiger partial charge in [-0.3, -0.25) is 4.68 Å². The van der Waals surface area contributed by atoms with Gasteiger partial charge in [-0.05, 0) is 36.6 Å². The molecule has 0 fully saturated rings. The maximum atomic E-state index is 5.38. The summed E-state index contributed by atoms with van der Waals surface area (Å²) in [6.07, 6.45) is 5.47. The molecule has 3 aromatic heterocycles. The Hall–Kier alpha value is -3.81. The van der Waals surface area contributed by atoms with E-state index in [1.165, 1.54) is 5.56 Å². The first-order valence-corrected chi connectivity index (χ1v) is 9.07. The normalized spacial score (nSPS) is 11.3. The van der Waals surface area contributed by atoms with Crippen molar-refractivity contribution in [3.05, 3.63) is 66.6 Å². The molecule has 0 aliphatic rings. The number of aryl methyl sites for hydroxylation is 2. The lowest BCUT2D eigenvalue weighted by molar-refractivity contribution is 0.431. The summed E-state index contributed by atoms with van der Waals surface area (Å²) in [5.41, 5.74) is 4.56. The van der Waals surface area contributed by atoms with Crippen molar-refractivity contribution < 1.29 is 4.52 Å². The van der Waals surface area contributed by atoms with Crippen LogP contribution in [0.15, 0.2) is 65.6 Å². The third-order valence-corrected chi connectivity index (χ3v) is 4.56. The van der Waals surface area contributed by atoms with E-state index in [9.17, 15) is 0 Å². The molecule has 138 valence electrons. The largest absolute Gasteiger partial charge is 0.345 e. The van der Waals surface area contributed by atoms with Crippen molar-refractivity contribution in [1.29, 1.82) is 0 Å². The quantitative estimate of drug-likeness (QED) is 0.490. The predicted molar refractivity (Wildman–Crippen MR) is 103 cm³/mol. The molecule has 0 unspecified atom stereocenters. The minimum atomic E-state index is 0.356. The molecule has 3 heterocycles. The maximum Gasteiger partial charge on any atom is 0.280 e. The first-order chi connectivity index (χ1) is 13.8. The van der Waals surface area contributed by atoms with Crippen LogP contribution in [-0.4, -0.2) is 35.1 Å². The molecule has 0 spiro atoms. The zero-order valence-electron chi connectivity index (χ0n) is 15.0. The number of H-pyrrole nitrogens is 1. The van der Waals surface area contributed by atoms with Gasteiger partial charge in [0.1, 0.15) is 0 Å². The van der Waals surface area contributed by atoms with E-state index in [0.29, 0.717) is 17.4 Å². The van der Waals surface area contributed by atoms with Crippen LogP contribution in [0.25, 0.3) is 34.0 Å². The summed E-state index contributed by atoms with van der Waals surface area (Å²) in [4.78, 5) is 11.7. The summed E-state index contributed by atoms with van der Waals surface area (Å²) in [6.45, 7) is 0.777. The number of fused-ring (bicyclic) bond motifs is 1. The Bertz CT molecular complexity index is 1210. The summed E-state index contributed by atoms with van der Waals surface area (Å²) in [7, 11) is 0. The van der Waals surface area contributed by atoms with Crippen molar-refractivity contribution in [2.75, 3.05) is 0 Å². The van der Waals surface area contributed by atoms with Crippen molar-refractivity contribution in [2.45, 2.75) is 19.4 Å². The van der Waals surface area contributed by atoms with Crippen LogP contribution in [0.1, 0.15) is 12.0 Å². The van der Waals surface area contributed by atoms with E-state index in [-0.39, 0.29) is 0 Å². The summed E-state index contributed by atoms with van der Waals surface area (Å²) in [5.74, 6) is 0.860. The van der Waals surface area contributed by atoms with E-state index in [0.717, 1.165) is 36.0 Å². The molecule has 0 radical (unpaired) electrons. The van der Waals surface area contributed by atoms with Gasteiger partial charge >= 0.3 is 0 Å². The van der Waals surface area contributed by atoms with Gasteiger partial charge in [-0.2, -0.15) is 4.98 Å². The van der Waals surface area contributed by atoms with E-state index in [1.807, 2.05) is 30.5 Å². The van der Waals surface area contributed by atoms with Gasteiger partial charge in [0.25, 0.3) is 5.89 Å². The van der Waals surface area contributed by atoms with Crippen molar-refractivity contribution in [2.24, 2.45) is 0 Å². The highest BCUT2D eigenvalue weighted by molar-refractivity contribution is 5.80. The average Bonchev–Trinajstić information content (AvgIpc) is 3.48. The summed E-state index contributed by atoms with van der Waals surface area (Å²) >= 11 is 0. The van der Waals surface area contributed by atoms with Gasteiger partial charge in [-0.1, -0.05) is 40.7 Å². The second-order valence-corrected chi connectivity index (χ2v) is 6.51. The molecule has 5 rings (SSSR count). The lowest BCUT2D eigenvalue weighted by Gasteiger charge is -2.00. The van der Waals surface area contributed by atoms with Gasteiger partial charge in [0.05, 0.1) is 23.6 Å². The molecule has 0 saturated carbocycles. The molecule has 0 aliphatic heterocycles. The Balaban J connectivity index is 1.28. The second-order valence-electron chi connectivity index (χ2n) is 6.51. The van der Waals surface area contributed by atoms with Crippen LogP contribution in [-0.2, 0) is 13.0 Å². The number of benzene rings is 2. The monoisotopic (exact) mass is 371 g/mol. The topological polar surface area (TPSA) is 98.3 Å². The van der Waals surface area contributed by atoms with Gasteiger partial charge in [0.15, 0.2) is 5.69 Å². The van der Waals surface area contributed by atoms with Crippen LogP contribution in [0.4, 0.5) is 0 Å². The molecule has 8 nitrogen and oxygen atoms in total. The number of aromatic nitrogens is 7. The molecular formula is C20H17N7O. The SMILES string of the molecule is c1ccc(CCCn2cc(-c3nc(-c4ccc5nc[nH]c5c4)no3)nn2)cc1. The molecule has 0 saturated heterocycles. The average molecular weight is 371 g/mol. The highest BCUT2D eigenvalue weighted by atomic mass is 16.5. The van der Waals surface area contributed by atoms with Crippen molar-refractivity contribution >= 4 is 11.0 Å². The number of imidazole rings is 1. The van der Waals surface area contributed by atoms with Crippen molar-refractivity contribution in [1.82, 2.24) is 35.1 Å². The van der Waals surface area contributed by atoms with Crippen LogP contribution in [0.2, 0.25) is 0 Å². The lowest BCUT2D eigenvalue weighted by atomic mass is 10.1. The third-order valence-electron chi connectivity index (χ3n) is 4.56. The zero-order chi connectivity index (χ0) is 18.8. The van der Waals surface area contributed by atoms with E-state index in [2.05, 4.69) is 54.7 Å². The summed E-state index contributed by atoms with van der Waals surface area (Å²) in [5, 5.41) is 12.4. The molecule has 0 amide bonds. The first-order valence-electron chi connectivity index (χ1n) is 9.07. The molecule has 1 N–H and O–H groups in total. The number of hydrogen-bond acceptors (Lipinski definition) is 6. The Morgan fingerprint density at radius 2 is 2.00 bits per heavy atom. The fraction of sp³-hybridized carbons (Fsp3) is 0.150. The second kappa shape index (κ2) is 7.07. The minimum absolute atomic E-state index is 0.356. The van der Waals surface area contributed by atoms with Gasteiger partial charge < -0.3 is 9.51 Å². The van der Waals surface area contributed by atoms with E-state index in [1.54, 1.807) is 11.0 Å². The van der Waals surface area contributed by atoms with Gasteiger partial charge in [0.2, 0.25) is 5.82 Å². The number of nitrogens with one attached hydrogen (secondary N) is 1. The number of hydrogen-bond donors (Lipinski definition) is 1. The van der Waals surface area contributed by atoms with E-state index < -0.39 is 0 Å². The number of aromatic amines is 1. The Morgan fingerprint density at radius 1 is 1.07 bits per heavy atom. The fourth-order valence-electron chi connectivity index (χ4n) is 3.11. The van der Waals surface area contributed by atoms with Crippen LogP contribution in [0.3, 0.4) is 0 Å². The number of nitrogens with zero attached hydrogens (tertiary/aromatic N) is 6. The minimum Gasteiger partial charge on any atom is -0.345 e. The molecule has 2 aromatic carbocycles. The molecule has 28 heavy (non-hydrogen) atoms. The maximum absolute atomic E-state index is 5.38. The van der Waals surface area contributed by atoms with E-state index in [4.69, 9.17) is 4.52 Å². The van der Waals surface area contributed by atoms with Gasteiger partial charge in [0, 0.05) is 12.1 Å². The van der Waals surface area contributed by atoms with Crippen LogP contribution in [0, 0.1) is 0 Å². The summed E-state index contributed by atoms with van der Waals surface area (Å²) in [6, 6.07) is 16.2. The Morgan fingerprint density at radius 3 is 2.93 bits per heavy atom. The Kier molecular flexibility index (Phi) is 4.13. The van der Waals surface area contributed by atoms with Crippen molar-refractivity contribution in [3.8, 4) is 23.0 Å². The van der Waals surface area contributed by atoms with Gasteiger partial charge in [-0.15, -0.1) is 5.10 Å². The standard InChI is InChI=1S/C20H17N7O/c1-2-5-14(6-3-1)7-4-10-27-12-18(24-26-27)20-23-19(25-28-20)15-8-9-16-17(11-15)22-13-21-16/h1-3,5-6,8-9,11-13H,4,7,10H2,(H,21,22). The van der Waals surface area contributed by atoms with Crippen LogP contribution >= 0.6 is 0 Å². The molecular weight excluding hydrogens is 354 g/mol.